The number of methoxy groups -OCH3 is 1. The first kappa shape index (κ1) is 24.4. The van der Waals surface area contributed by atoms with Crippen molar-refractivity contribution in [2.24, 2.45) is 4.99 Å². The topological polar surface area (TPSA) is 77.0 Å². The monoisotopic (exact) mass is 504 g/mol. The van der Waals surface area contributed by atoms with Gasteiger partial charge in [0.2, 0.25) is 10.0 Å². The van der Waals surface area contributed by atoms with E-state index in [0.29, 0.717) is 5.69 Å². The zero-order valence-electron chi connectivity index (χ0n) is 21.6. The number of nitrogens with zero attached hydrogens (tertiary/aromatic N) is 1. The van der Waals surface area contributed by atoms with Crippen LogP contribution in [0.2, 0.25) is 0 Å². The number of hydrogen-bond acceptors (Lipinski definition) is 5. The first-order chi connectivity index (χ1) is 16.8. The Morgan fingerprint density at radius 3 is 2.31 bits per heavy atom. The Morgan fingerprint density at radius 1 is 0.944 bits per heavy atom. The molecule has 0 amide bonds. The lowest BCUT2D eigenvalue weighted by Gasteiger charge is -2.31. The number of sulfonamides is 1. The van der Waals surface area contributed by atoms with E-state index in [2.05, 4.69) is 50.6 Å². The van der Waals surface area contributed by atoms with Crippen molar-refractivity contribution in [1.82, 2.24) is 0 Å². The van der Waals surface area contributed by atoms with E-state index in [1.807, 2.05) is 30.3 Å². The van der Waals surface area contributed by atoms with Crippen molar-refractivity contribution in [3.63, 3.8) is 0 Å². The summed E-state index contributed by atoms with van der Waals surface area (Å²) >= 11 is 0. The molecule has 188 valence electrons. The normalized spacial score (nSPS) is 17.4. The lowest BCUT2D eigenvalue weighted by Crippen LogP contribution is -2.30. The molecule has 0 fully saturated rings. The van der Waals surface area contributed by atoms with Crippen LogP contribution in [0, 0.1) is 0 Å². The van der Waals surface area contributed by atoms with E-state index in [4.69, 9.17) is 14.5 Å². The van der Waals surface area contributed by atoms with Crippen LogP contribution in [0.4, 0.5) is 5.69 Å². The van der Waals surface area contributed by atoms with Gasteiger partial charge in [-0.3, -0.25) is 9.71 Å². The largest absolute Gasteiger partial charge is 0.493 e. The quantitative estimate of drug-likeness (QED) is 0.489. The highest BCUT2D eigenvalue weighted by atomic mass is 32.2. The first-order valence-electron chi connectivity index (χ1n) is 12.0. The number of nitrogens with one attached hydrogen (secondary N) is 1. The minimum Gasteiger partial charge on any atom is -0.493 e. The molecule has 1 N–H and O–H groups in total. The number of ether oxygens (including phenoxy) is 2. The molecule has 2 heterocycles. The highest BCUT2D eigenvalue weighted by molar-refractivity contribution is 7.92. The average molecular weight is 505 g/mol. The maximum atomic E-state index is 11.7. The summed E-state index contributed by atoms with van der Waals surface area (Å²) in [5.74, 6) is 1.58. The Kier molecular flexibility index (Phi) is 5.67. The van der Waals surface area contributed by atoms with Crippen molar-refractivity contribution in [3.05, 3.63) is 76.9 Å². The summed E-state index contributed by atoms with van der Waals surface area (Å²) in [6.07, 6.45) is 2.74. The summed E-state index contributed by atoms with van der Waals surface area (Å²) in [6, 6.07) is 17.8. The van der Waals surface area contributed by atoms with Crippen LogP contribution in [-0.2, 0) is 22.9 Å². The van der Waals surface area contributed by atoms with Gasteiger partial charge in [0.1, 0.15) is 5.60 Å². The Hall–Kier alpha value is -3.32. The molecule has 6 nitrogen and oxygen atoms in total. The molecule has 0 spiro atoms. The predicted octanol–water partition coefficient (Wildman–Crippen LogP) is 5.62. The number of hydrogen-bond donors (Lipinski definition) is 1. The summed E-state index contributed by atoms with van der Waals surface area (Å²) in [5.41, 5.74) is 7.31. The van der Waals surface area contributed by atoms with Crippen LogP contribution in [0.15, 0.2) is 59.6 Å². The van der Waals surface area contributed by atoms with Crippen LogP contribution >= 0.6 is 0 Å². The van der Waals surface area contributed by atoms with E-state index < -0.39 is 10.0 Å². The van der Waals surface area contributed by atoms with Gasteiger partial charge >= 0.3 is 0 Å². The zero-order valence-corrected chi connectivity index (χ0v) is 22.4. The Labute approximate surface area is 213 Å². The average Bonchev–Trinajstić information content (AvgIpc) is 3.11. The second-order valence-electron chi connectivity index (χ2n) is 10.9. The van der Waals surface area contributed by atoms with Crippen LogP contribution in [-0.4, -0.2) is 38.6 Å². The SMILES string of the molecule is COc1cc2c(c3c1OC(C)(C)C3)C(c1cccc(-c3cccc(NS(C)(=O)=O)c3)c1)=NC(C)(C)C2. The molecule has 0 radical (unpaired) electrons. The van der Waals surface area contributed by atoms with E-state index in [-0.39, 0.29) is 11.1 Å². The molecule has 3 aromatic carbocycles. The van der Waals surface area contributed by atoms with Crippen molar-refractivity contribution in [1.29, 1.82) is 0 Å². The highest BCUT2D eigenvalue weighted by Crippen LogP contribution is 2.48. The van der Waals surface area contributed by atoms with Gasteiger partial charge in [-0.2, -0.15) is 0 Å². The molecule has 0 aliphatic carbocycles. The number of aliphatic imine (C=N–C) groups is 1. The minimum absolute atomic E-state index is 0.272. The van der Waals surface area contributed by atoms with E-state index in [1.54, 1.807) is 13.2 Å². The standard InChI is InChI=1S/C29H32N2O4S/c1-28(2)16-21-15-24(34-5)27-23(17-29(3,4)35-27)25(21)26(30-28)20-11-7-9-18(13-20)19-10-8-12-22(14-19)31-36(6,32)33/h7-15,31H,16-17H2,1-6H3. The fourth-order valence-electron chi connectivity index (χ4n) is 5.25. The van der Waals surface area contributed by atoms with E-state index >= 15 is 0 Å². The number of rotatable bonds is 5. The number of anilines is 1. The van der Waals surface area contributed by atoms with Crippen LogP contribution in [0.1, 0.15) is 49.9 Å². The molecule has 0 atom stereocenters. The van der Waals surface area contributed by atoms with Crippen molar-refractivity contribution in [2.45, 2.75) is 51.7 Å². The molecule has 0 unspecified atom stereocenters. The molecule has 7 heteroatoms. The van der Waals surface area contributed by atoms with E-state index in [0.717, 1.165) is 64.1 Å². The molecule has 0 saturated carbocycles. The van der Waals surface area contributed by atoms with Gasteiger partial charge in [-0.25, -0.2) is 8.42 Å². The summed E-state index contributed by atoms with van der Waals surface area (Å²) in [4.78, 5) is 5.24. The van der Waals surface area contributed by atoms with E-state index in [9.17, 15) is 8.42 Å². The van der Waals surface area contributed by atoms with Crippen LogP contribution < -0.4 is 14.2 Å². The van der Waals surface area contributed by atoms with Gasteiger partial charge in [-0.1, -0.05) is 30.3 Å². The molecule has 0 bridgehead atoms. The fourth-order valence-corrected chi connectivity index (χ4v) is 5.81. The van der Waals surface area contributed by atoms with Gasteiger partial charge in [0, 0.05) is 28.8 Å². The summed E-state index contributed by atoms with van der Waals surface area (Å²) in [5, 5.41) is 0. The van der Waals surface area contributed by atoms with Gasteiger partial charge < -0.3 is 9.47 Å². The first-order valence-corrected chi connectivity index (χ1v) is 13.9. The van der Waals surface area contributed by atoms with Gasteiger partial charge in [0.25, 0.3) is 0 Å². The number of benzene rings is 3. The maximum Gasteiger partial charge on any atom is 0.229 e. The molecule has 2 aliphatic heterocycles. The Bertz CT molecular complexity index is 1500. The molecular weight excluding hydrogens is 472 g/mol. The number of fused-ring (bicyclic) bond motifs is 3. The summed E-state index contributed by atoms with van der Waals surface area (Å²) in [6.45, 7) is 8.50. The van der Waals surface area contributed by atoms with Crippen molar-refractivity contribution < 1.29 is 17.9 Å². The maximum absolute atomic E-state index is 11.7. The smallest absolute Gasteiger partial charge is 0.229 e. The van der Waals surface area contributed by atoms with Crippen LogP contribution in [0.5, 0.6) is 11.5 Å². The highest BCUT2D eigenvalue weighted by Gasteiger charge is 2.39. The third-order valence-electron chi connectivity index (χ3n) is 6.54. The van der Waals surface area contributed by atoms with Crippen LogP contribution in [0.3, 0.4) is 0 Å². The Morgan fingerprint density at radius 2 is 1.61 bits per heavy atom. The summed E-state index contributed by atoms with van der Waals surface area (Å²) in [7, 11) is -1.67. The van der Waals surface area contributed by atoms with Crippen molar-refractivity contribution >= 4 is 21.4 Å². The van der Waals surface area contributed by atoms with Gasteiger partial charge in [-0.15, -0.1) is 0 Å². The van der Waals surface area contributed by atoms with Gasteiger partial charge in [0.15, 0.2) is 11.5 Å². The van der Waals surface area contributed by atoms with Crippen molar-refractivity contribution in [3.8, 4) is 22.6 Å². The van der Waals surface area contributed by atoms with Crippen LogP contribution in [0.25, 0.3) is 11.1 Å². The van der Waals surface area contributed by atoms with Gasteiger partial charge in [-0.05, 0) is 75.1 Å². The predicted molar refractivity (Wildman–Crippen MR) is 145 cm³/mol. The lowest BCUT2D eigenvalue weighted by molar-refractivity contribution is 0.134. The molecule has 36 heavy (non-hydrogen) atoms. The minimum atomic E-state index is -3.36. The van der Waals surface area contributed by atoms with Gasteiger partial charge in [0.05, 0.1) is 24.6 Å². The fraction of sp³-hybridized carbons (Fsp3) is 0.345. The lowest BCUT2D eigenvalue weighted by atomic mass is 9.80. The molecule has 0 aromatic heterocycles. The molecule has 5 rings (SSSR count). The molecule has 3 aromatic rings. The zero-order chi connectivity index (χ0) is 25.9. The summed E-state index contributed by atoms with van der Waals surface area (Å²) < 4.78 is 38.1. The Balaban J connectivity index is 1.64. The molecule has 0 saturated heterocycles. The van der Waals surface area contributed by atoms with E-state index in [1.165, 1.54) is 5.56 Å². The second-order valence-corrected chi connectivity index (χ2v) is 12.7. The second kappa shape index (κ2) is 8.37. The molecule has 2 aliphatic rings. The molecular formula is C29H32N2O4S. The third-order valence-corrected chi connectivity index (χ3v) is 7.14. The third kappa shape index (κ3) is 4.72. The van der Waals surface area contributed by atoms with Crippen molar-refractivity contribution in [2.75, 3.05) is 18.1 Å².